The number of hydrogen-bond acceptors (Lipinski definition) is 2. The van der Waals surface area contributed by atoms with Crippen LogP contribution in [0.25, 0.3) is 0 Å². The highest BCUT2D eigenvalue weighted by Gasteiger charge is 2.34. The van der Waals surface area contributed by atoms with E-state index in [1.165, 1.54) is 5.56 Å². The smallest absolute Gasteiger partial charge is 0.328 e. The van der Waals surface area contributed by atoms with Gasteiger partial charge in [-0.1, -0.05) is 25.1 Å². The number of nitrogens with one attached hydrogen (secondary N) is 1. The minimum absolute atomic E-state index is 0.690. The monoisotopic (exact) mass is 235 g/mol. The van der Waals surface area contributed by atoms with Gasteiger partial charge < -0.3 is 5.11 Å². The van der Waals surface area contributed by atoms with Crippen molar-refractivity contribution < 1.29 is 9.90 Å². The van der Waals surface area contributed by atoms with Gasteiger partial charge in [-0.05, 0) is 50.4 Å². The van der Waals surface area contributed by atoms with Gasteiger partial charge in [0, 0.05) is 0 Å². The lowest BCUT2D eigenvalue weighted by molar-refractivity contribution is -0.144. The lowest BCUT2D eigenvalue weighted by atomic mass is 9.89. The Kier molecular flexibility index (Phi) is 4.29. The highest BCUT2D eigenvalue weighted by Crippen LogP contribution is 2.23. The van der Waals surface area contributed by atoms with Crippen molar-refractivity contribution in [2.24, 2.45) is 0 Å². The summed E-state index contributed by atoms with van der Waals surface area (Å²) in [6, 6.07) is 5.81. The Labute approximate surface area is 103 Å². The Morgan fingerprint density at radius 1 is 1.35 bits per heavy atom. The molecule has 0 aliphatic carbocycles. The predicted molar refractivity (Wildman–Crippen MR) is 69.2 cm³/mol. The van der Waals surface area contributed by atoms with Crippen molar-refractivity contribution in [2.75, 3.05) is 6.54 Å². The maximum absolute atomic E-state index is 11.5. The van der Waals surface area contributed by atoms with Crippen molar-refractivity contribution in [2.45, 2.75) is 39.7 Å². The lowest BCUT2D eigenvalue weighted by Gasteiger charge is -2.27. The molecule has 1 unspecified atom stereocenters. The Morgan fingerprint density at radius 3 is 2.47 bits per heavy atom. The van der Waals surface area contributed by atoms with Gasteiger partial charge in [-0.3, -0.25) is 5.32 Å². The average Bonchev–Trinajstić information content (AvgIpc) is 2.29. The van der Waals surface area contributed by atoms with Crippen LogP contribution in [0.3, 0.4) is 0 Å². The summed E-state index contributed by atoms with van der Waals surface area (Å²) >= 11 is 0. The zero-order valence-corrected chi connectivity index (χ0v) is 11.0. The number of aliphatic carboxylic acids is 1. The van der Waals surface area contributed by atoms with E-state index in [2.05, 4.69) is 5.32 Å². The van der Waals surface area contributed by atoms with E-state index in [4.69, 9.17) is 0 Å². The predicted octanol–water partition coefficient (Wildman–Crippen LogP) is 2.60. The zero-order chi connectivity index (χ0) is 13.1. The van der Waals surface area contributed by atoms with E-state index in [0.29, 0.717) is 6.54 Å². The Morgan fingerprint density at radius 2 is 2.00 bits per heavy atom. The fraction of sp³-hybridized carbons (Fsp3) is 0.500. The van der Waals surface area contributed by atoms with E-state index < -0.39 is 11.5 Å². The number of carbonyl (C=O) groups is 1. The molecule has 0 saturated carbocycles. The molecule has 0 aliphatic heterocycles. The van der Waals surface area contributed by atoms with Crippen LogP contribution in [0.1, 0.15) is 37.0 Å². The van der Waals surface area contributed by atoms with E-state index in [9.17, 15) is 9.90 Å². The third-order valence-corrected chi connectivity index (χ3v) is 3.24. The molecule has 94 valence electrons. The lowest BCUT2D eigenvalue weighted by Crippen LogP contribution is -2.47. The first-order chi connectivity index (χ1) is 7.91. The van der Waals surface area contributed by atoms with Gasteiger partial charge in [0.15, 0.2) is 0 Å². The number of hydrogen-bond donors (Lipinski definition) is 2. The summed E-state index contributed by atoms with van der Waals surface area (Å²) in [5, 5.41) is 12.5. The van der Waals surface area contributed by atoms with Crippen LogP contribution in [0, 0.1) is 13.8 Å². The number of benzene rings is 1. The molecule has 0 aromatic heterocycles. The van der Waals surface area contributed by atoms with Gasteiger partial charge in [-0.2, -0.15) is 0 Å². The maximum atomic E-state index is 11.5. The van der Waals surface area contributed by atoms with Crippen molar-refractivity contribution in [1.29, 1.82) is 0 Å². The van der Waals surface area contributed by atoms with Crippen molar-refractivity contribution in [3.63, 3.8) is 0 Å². The molecule has 0 bridgehead atoms. The summed E-state index contributed by atoms with van der Waals surface area (Å²) in [5.41, 5.74) is 2.10. The number of carboxylic acids is 1. The summed E-state index contributed by atoms with van der Waals surface area (Å²) in [4.78, 5) is 11.5. The summed E-state index contributed by atoms with van der Waals surface area (Å²) in [5.74, 6) is -0.839. The minimum atomic E-state index is -1.01. The van der Waals surface area contributed by atoms with Crippen LogP contribution in [0.15, 0.2) is 18.2 Å². The van der Waals surface area contributed by atoms with Crippen LogP contribution in [0.5, 0.6) is 0 Å². The Balaban J connectivity index is 3.13. The van der Waals surface area contributed by atoms with E-state index in [1.54, 1.807) is 6.92 Å². The molecule has 17 heavy (non-hydrogen) atoms. The van der Waals surface area contributed by atoms with Crippen LogP contribution in [0.4, 0.5) is 0 Å². The third-order valence-electron chi connectivity index (χ3n) is 3.24. The van der Waals surface area contributed by atoms with E-state index in [1.807, 2.05) is 39.0 Å². The summed E-state index contributed by atoms with van der Waals surface area (Å²) in [6.45, 7) is 8.46. The van der Waals surface area contributed by atoms with E-state index >= 15 is 0 Å². The van der Waals surface area contributed by atoms with Gasteiger partial charge in [0.2, 0.25) is 0 Å². The second kappa shape index (κ2) is 5.32. The molecule has 3 nitrogen and oxygen atoms in total. The summed E-state index contributed by atoms with van der Waals surface area (Å²) in [6.07, 6.45) is 0.910. The molecule has 1 atom stereocenters. The van der Waals surface area contributed by atoms with Gasteiger partial charge in [-0.25, -0.2) is 4.79 Å². The number of carboxylic acid groups (broad SMARTS) is 1. The summed E-state index contributed by atoms with van der Waals surface area (Å²) in [7, 11) is 0. The first-order valence-electron chi connectivity index (χ1n) is 5.98. The first kappa shape index (κ1) is 13.7. The third kappa shape index (κ3) is 2.86. The topological polar surface area (TPSA) is 49.3 Å². The molecule has 0 radical (unpaired) electrons. The van der Waals surface area contributed by atoms with Crippen molar-refractivity contribution in [3.05, 3.63) is 34.9 Å². The normalized spacial score (nSPS) is 14.4. The molecule has 0 spiro atoms. The SMILES string of the molecule is CCCNC(C)(C(=O)O)c1ccc(C)c(C)c1. The Hall–Kier alpha value is -1.35. The highest BCUT2D eigenvalue weighted by molar-refractivity contribution is 5.80. The van der Waals surface area contributed by atoms with Crippen molar-refractivity contribution in [1.82, 2.24) is 5.32 Å². The minimum Gasteiger partial charge on any atom is -0.480 e. The van der Waals surface area contributed by atoms with Gasteiger partial charge in [0.05, 0.1) is 0 Å². The molecule has 0 aliphatic rings. The molecule has 1 aromatic carbocycles. The number of aryl methyl sites for hydroxylation is 2. The molecule has 1 rings (SSSR count). The van der Waals surface area contributed by atoms with Gasteiger partial charge in [0.1, 0.15) is 5.54 Å². The number of rotatable bonds is 5. The maximum Gasteiger partial charge on any atom is 0.328 e. The molecule has 2 N–H and O–H groups in total. The second-order valence-corrected chi connectivity index (χ2v) is 4.66. The molecule has 0 fully saturated rings. The van der Waals surface area contributed by atoms with E-state index in [-0.39, 0.29) is 0 Å². The highest BCUT2D eigenvalue weighted by atomic mass is 16.4. The standard InChI is InChI=1S/C14H21NO2/c1-5-8-15-14(4,13(16)17)12-7-6-10(2)11(3)9-12/h6-7,9,15H,5,8H2,1-4H3,(H,16,17). The summed E-state index contributed by atoms with van der Waals surface area (Å²) < 4.78 is 0. The van der Waals surface area contributed by atoms with Crippen LogP contribution in [-0.2, 0) is 10.3 Å². The molecule has 3 heteroatoms. The average molecular weight is 235 g/mol. The van der Waals surface area contributed by atoms with Crippen molar-refractivity contribution in [3.8, 4) is 0 Å². The van der Waals surface area contributed by atoms with Crippen molar-refractivity contribution >= 4 is 5.97 Å². The largest absolute Gasteiger partial charge is 0.480 e. The molecular weight excluding hydrogens is 214 g/mol. The van der Waals surface area contributed by atoms with Gasteiger partial charge in [0.25, 0.3) is 0 Å². The first-order valence-corrected chi connectivity index (χ1v) is 5.98. The molecule has 0 amide bonds. The quantitative estimate of drug-likeness (QED) is 0.824. The Bertz CT molecular complexity index is 415. The zero-order valence-electron chi connectivity index (χ0n) is 11.0. The molecule has 0 saturated heterocycles. The van der Waals surface area contributed by atoms with Gasteiger partial charge in [-0.15, -0.1) is 0 Å². The van der Waals surface area contributed by atoms with Crippen LogP contribution >= 0.6 is 0 Å². The molecule has 0 heterocycles. The van der Waals surface area contributed by atoms with E-state index in [0.717, 1.165) is 17.5 Å². The van der Waals surface area contributed by atoms with Crippen LogP contribution in [0.2, 0.25) is 0 Å². The molecular formula is C14H21NO2. The van der Waals surface area contributed by atoms with Crippen LogP contribution < -0.4 is 5.32 Å². The van der Waals surface area contributed by atoms with Gasteiger partial charge >= 0.3 is 5.97 Å². The fourth-order valence-corrected chi connectivity index (χ4v) is 1.73. The second-order valence-electron chi connectivity index (χ2n) is 4.66. The molecule has 1 aromatic rings. The van der Waals surface area contributed by atoms with Crippen LogP contribution in [-0.4, -0.2) is 17.6 Å². The fourth-order valence-electron chi connectivity index (χ4n) is 1.73.